The van der Waals surface area contributed by atoms with Crippen molar-refractivity contribution in [3.63, 3.8) is 0 Å². The van der Waals surface area contributed by atoms with Gasteiger partial charge >= 0.3 is 0 Å². The molecule has 3 aromatic rings. The van der Waals surface area contributed by atoms with E-state index in [9.17, 15) is 9.50 Å². The molecule has 0 bridgehead atoms. The average molecular weight is 425 g/mol. The van der Waals surface area contributed by atoms with Gasteiger partial charge in [0.2, 0.25) is 5.95 Å². The van der Waals surface area contributed by atoms with E-state index in [1.54, 1.807) is 4.57 Å². The molecule has 1 saturated heterocycles. The van der Waals surface area contributed by atoms with E-state index in [4.69, 9.17) is 0 Å². The summed E-state index contributed by atoms with van der Waals surface area (Å²) >= 11 is 0. The third-order valence-electron chi connectivity index (χ3n) is 5.80. The van der Waals surface area contributed by atoms with Crippen LogP contribution >= 0.6 is 0 Å². The van der Waals surface area contributed by atoms with Crippen LogP contribution in [0.1, 0.15) is 41.3 Å². The summed E-state index contributed by atoms with van der Waals surface area (Å²) in [6, 6.07) is 2.05. The molecule has 0 saturated carbocycles. The van der Waals surface area contributed by atoms with E-state index in [0.29, 0.717) is 18.3 Å². The van der Waals surface area contributed by atoms with Crippen molar-refractivity contribution >= 4 is 11.8 Å². The van der Waals surface area contributed by atoms with Gasteiger partial charge in [-0.25, -0.2) is 14.4 Å². The summed E-state index contributed by atoms with van der Waals surface area (Å²) in [4.78, 5) is 15.4. The smallest absolute Gasteiger partial charge is 0.230 e. The lowest BCUT2D eigenvalue weighted by molar-refractivity contribution is 0.174. The lowest BCUT2D eigenvalue weighted by atomic mass is 10.1. The second kappa shape index (κ2) is 8.72. The molecule has 3 aromatic heterocycles. The normalized spacial score (nSPS) is 16.8. The zero-order valence-electron chi connectivity index (χ0n) is 18.5. The van der Waals surface area contributed by atoms with Crippen LogP contribution in [0.2, 0.25) is 0 Å². The number of aliphatic hydroxyl groups excluding tert-OH is 1. The molecule has 7 nitrogen and oxygen atoms in total. The van der Waals surface area contributed by atoms with Crippen LogP contribution in [0.5, 0.6) is 0 Å². The second-order valence-electron chi connectivity index (χ2n) is 8.30. The lowest BCUT2D eigenvalue weighted by Gasteiger charge is -2.14. The number of nitrogens with one attached hydrogen (secondary N) is 1. The van der Waals surface area contributed by atoms with Crippen molar-refractivity contribution in [2.24, 2.45) is 0 Å². The molecule has 1 atom stereocenters. The third-order valence-corrected chi connectivity index (χ3v) is 5.80. The van der Waals surface area contributed by atoms with Gasteiger partial charge in [0, 0.05) is 37.7 Å². The van der Waals surface area contributed by atoms with Crippen LogP contribution in [0, 0.1) is 26.6 Å². The fourth-order valence-corrected chi connectivity index (χ4v) is 4.20. The second-order valence-corrected chi connectivity index (χ2v) is 8.30. The molecule has 0 amide bonds. The first kappa shape index (κ1) is 21.4. The number of halogens is 1. The number of likely N-dealkylation sites (tertiary alicyclic amines) is 1. The number of aryl methyl sites for hydroxylation is 3. The number of aliphatic hydroxyl groups is 1. The molecular formula is C23H29FN6O. The molecule has 31 heavy (non-hydrogen) atoms. The maximum atomic E-state index is 14.6. The molecule has 4 heterocycles. The molecule has 1 aliphatic heterocycles. The first-order chi connectivity index (χ1) is 14.8. The Morgan fingerprint density at radius 2 is 2.00 bits per heavy atom. The molecule has 0 aromatic carbocycles. The van der Waals surface area contributed by atoms with Gasteiger partial charge in [-0.2, -0.15) is 4.98 Å². The van der Waals surface area contributed by atoms with Crippen LogP contribution in [-0.4, -0.2) is 48.7 Å². The fourth-order valence-electron chi connectivity index (χ4n) is 4.20. The molecule has 8 heteroatoms. The number of anilines is 2. The molecule has 2 N–H and O–H groups in total. The van der Waals surface area contributed by atoms with E-state index >= 15 is 0 Å². The molecule has 4 rings (SSSR count). The van der Waals surface area contributed by atoms with Gasteiger partial charge in [0.25, 0.3) is 0 Å². The van der Waals surface area contributed by atoms with Crippen LogP contribution in [0.15, 0.2) is 24.7 Å². The topological polar surface area (TPSA) is 79.1 Å². The maximum Gasteiger partial charge on any atom is 0.230 e. The number of nitrogens with zero attached hydrogens (tertiary/aromatic N) is 5. The first-order valence-corrected chi connectivity index (χ1v) is 10.7. The van der Waals surface area contributed by atoms with Crippen molar-refractivity contribution in [1.82, 2.24) is 24.4 Å². The van der Waals surface area contributed by atoms with E-state index < -0.39 is 5.82 Å². The molecule has 164 valence electrons. The molecule has 0 spiro atoms. The van der Waals surface area contributed by atoms with E-state index in [-0.39, 0.29) is 11.9 Å². The van der Waals surface area contributed by atoms with Crippen molar-refractivity contribution in [1.29, 1.82) is 0 Å². The Bertz CT molecular complexity index is 1100. The van der Waals surface area contributed by atoms with Gasteiger partial charge < -0.3 is 15.0 Å². The summed E-state index contributed by atoms with van der Waals surface area (Å²) in [5, 5.41) is 12.9. The summed E-state index contributed by atoms with van der Waals surface area (Å²) in [5.41, 5.74) is 5.28. The summed E-state index contributed by atoms with van der Waals surface area (Å²) in [6.07, 6.45) is 6.32. The number of aromatic nitrogens is 4. The van der Waals surface area contributed by atoms with Crippen molar-refractivity contribution in [3.05, 3.63) is 58.4 Å². The minimum atomic E-state index is -0.493. The van der Waals surface area contributed by atoms with Crippen LogP contribution in [0.4, 0.5) is 16.2 Å². The highest BCUT2D eigenvalue weighted by Gasteiger charge is 2.21. The lowest BCUT2D eigenvalue weighted by Crippen LogP contribution is -2.21. The Kier molecular flexibility index (Phi) is 6.02. The highest BCUT2D eigenvalue weighted by Crippen LogP contribution is 2.24. The van der Waals surface area contributed by atoms with E-state index in [2.05, 4.69) is 39.0 Å². The number of rotatable bonds is 6. The van der Waals surface area contributed by atoms with E-state index in [1.807, 2.05) is 32.3 Å². The zero-order valence-corrected chi connectivity index (χ0v) is 18.5. The van der Waals surface area contributed by atoms with Crippen molar-refractivity contribution in [2.75, 3.05) is 18.4 Å². The number of hydrogen-bond donors (Lipinski definition) is 2. The highest BCUT2D eigenvalue weighted by atomic mass is 19.1. The van der Waals surface area contributed by atoms with Gasteiger partial charge in [-0.3, -0.25) is 4.90 Å². The standard InChI is InChI=1S/C23H29FN6O/c1-5-19-14(2)8-16(4)26-21(19)27-23-25-9-20(24)22(28-23)30-10-15(3)17(12-30)11-29-7-6-18(31)13-29/h8-10,12,18,31H,5-7,11,13H2,1-4H3,(H,25,26,27,28)/t18-/m1/s1. The number of pyridine rings is 1. The fraction of sp³-hybridized carbons (Fsp3) is 0.435. The number of hydrogen-bond acceptors (Lipinski definition) is 6. The van der Waals surface area contributed by atoms with Crippen molar-refractivity contribution < 1.29 is 9.50 Å². The van der Waals surface area contributed by atoms with Crippen LogP contribution in [0.25, 0.3) is 5.82 Å². The Balaban J connectivity index is 1.61. The van der Waals surface area contributed by atoms with Crippen LogP contribution < -0.4 is 5.32 Å². The molecule has 0 unspecified atom stereocenters. The molecular weight excluding hydrogens is 395 g/mol. The van der Waals surface area contributed by atoms with E-state index in [0.717, 1.165) is 53.9 Å². The summed E-state index contributed by atoms with van der Waals surface area (Å²) in [6.45, 7) is 10.3. The first-order valence-electron chi connectivity index (χ1n) is 10.7. The molecule has 0 aliphatic carbocycles. The Hall–Kier alpha value is -2.84. The predicted octanol–water partition coefficient (Wildman–Crippen LogP) is 3.60. The minimum absolute atomic E-state index is 0.190. The monoisotopic (exact) mass is 424 g/mol. The van der Waals surface area contributed by atoms with Crippen molar-refractivity contribution in [3.8, 4) is 5.82 Å². The molecule has 0 radical (unpaired) electrons. The van der Waals surface area contributed by atoms with Crippen molar-refractivity contribution in [2.45, 2.75) is 53.2 Å². The third kappa shape index (κ3) is 4.60. The van der Waals surface area contributed by atoms with Gasteiger partial charge in [-0.15, -0.1) is 0 Å². The zero-order chi connectivity index (χ0) is 22.1. The van der Waals surface area contributed by atoms with Gasteiger partial charge in [0.15, 0.2) is 11.6 Å². The van der Waals surface area contributed by atoms with Gasteiger partial charge in [-0.05, 0) is 61.9 Å². The quantitative estimate of drug-likeness (QED) is 0.630. The average Bonchev–Trinajstić information content (AvgIpc) is 3.28. The Morgan fingerprint density at radius 3 is 2.71 bits per heavy atom. The van der Waals surface area contributed by atoms with Gasteiger partial charge in [-0.1, -0.05) is 6.92 Å². The minimum Gasteiger partial charge on any atom is -0.392 e. The molecule has 1 aliphatic rings. The largest absolute Gasteiger partial charge is 0.392 e. The summed E-state index contributed by atoms with van der Waals surface area (Å²) in [5.74, 6) is 0.706. The maximum absolute atomic E-state index is 14.6. The van der Waals surface area contributed by atoms with Crippen LogP contribution in [0.3, 0.4) is 0 Å². The Morgan fingerprint density at radius 1 is 1.19 bits per heavy atom. The SMILES string of the molecule is CCc1c(C)cc(C)nc1Nc1ncc(F)c(-n2cc(C)c(CN3CC[C@@H](O)C3)c2)n1. The van der Waals surface area contributed by atoms with Gasteiger partial charge in [0.05, 0.1) is 12.3 Å². The summed E-state index contributed by atoms with van der Waals surface area (Å²) < 4.78 is 16.3. The highest BCUT2D eigenvalue weighted by molar-refractivity contribution is 5.56. The van der Waals surface area contributed by atoms with E-state index in [1.165, 1.54) is 6.20 Å². The van der Waals surface area contributed by atoms with Gasteiger partial charge in [0.1, 0.15) is 5.82 Å². The Labute approximate surface area is 182 Å². The summed E-state index contributed by atoms with van der Waals surface area (Å²) in [7, 11) is 0. The predicted molar refractivity (Wildman–Crippen MR) is 118 cm³/mol. The molecule has 1 fully saturated rings. The van der Waals surface area contributed by atoms with Crippen LogP contribution in [-0.2, 0) is 13.0 Å². The number of β-amino-alcohol motifs (C(OH)–C–C–N with tert-alkyl or cyclic N) is 1.